The molecule has 1 aromatic heterocycles. The lowest BCUT2D eigenvalue weighted by Gasteiger charge is -2.30. The molecule has 0 radical (unpaired) electrons. The molecule has 40 heavy (non-hydrogen) atoms. The Hall–Kier alpha value is -4.74. The van der Waals surface area contributed by atoms with Crippen molar-refractivity contribution < 1.29 is 33.4 Å². The topological polar surface area (TPSA) is 151 Å². The fourth-order valence-electron chi connectivity index (χ4n) is 4.70. The molecule has 1 aliphatic rings. The summed E-state index contributed by atoms with van der Waals surface area (Å²) < 4.78 is 16.1. The number of rotatable bonds is 11. The number of piperazine rings is 1. The minimum Gasteiger partial charge on any atom is -0.493 e. The predicted molar refractivity (Wildman–Crippen MR) is 146 cm³/mol. The second kappa shape index (κ2) is 12.4. The minimum atomic E-state index is -0.958. The molecule has 4 rings (SSSR count). The van der Waals surface area contributed by atoms with Gasteiger partial charge in [0.1, 0.15) is 25.2 Å². The summed E-state index contributed by atoms with van der Waals surface area (Å²) in [6.45, 7) is 1.11. The number of para-hydroxylation sites is 1. The number of aromatic amines is 1. The second-order valence-electron chi connectivity index (χ2n) is 9.42. The first-order valence-electron chi connectivity index (χ1n) is 12.7. The SMILES string of the molecule is COc1cc(CNC(=O)C(Cc2c[nH]c3ccccc23)NC(=O)CN2CC(=O)NC(C)C2=O)cc(OC)c1OC. The van der Waals surface area contributed by atoms with Crippen LogP contribution in [0, 0.1) is 0 Å². The van der Waals surface area contributed by atoms with E-state index in [0.29, 0.717) is 22.8 Å². The van der Waals surface area contributed by atoms with E-state index in [4.69, 9.17) is 14.2 Å². The summed E-state index contributed by atoms with van der Waals surface area (Å²) in [7, 11) is 4.51. The Balaban J connectivity index is 1.52. The highest BCUT2D eigenvalue weighted by atomic mass is 16.5. The van der Waals surface area contributed by atoms with Crippen LogP contribution in [0.15, 0.2) is 42.6 Å². The first-order chi connectivity index (χ1) is 19.2. The molecule has 3 aromatic rings. The first-order valence-corrected chi connectivity index (χ1v) is 12.7. The molecule has 4 amide bonds. The number of hydrogen-bond donors (Lipinski definition) is 4. The summed E-state index contributed by atoms with van der Waals surface area (Å²) in [6, 6.07) is 9.42. The van der Waals surface area contributed by atoms with Crippen molar-refractivity contribution in [3.63, 3.8) is 0 Å². The molecule has 0 spiro atoms. The molecule has 12 nitrogen and oxygen atoms in total. The summed E-state index contributed by atoms with van der Waals surface area (Å²) in [5, 5.41) is 9.09. The second-order valence-corrected chi connectivity index (χ2v) is 9.42. The lowest BCUT2D eigenvalue weighted by Crippen LogP contribution is -2.59. The molecule has 212 valence electrons. The van der Waals surface area contributed by atoms with Gasteiger partial charge in [0.2, 0.25) is 29.4 Å². The van der Waals surface area contributed by atoms with Crippen molar-refractivity contribution in [2.24, 2.45) is 0 Å². The third-order valence-electron chi connectivity index (χ3n) is 6.67. The molecule has 1 fully saturated rings. The number of nitrogens with one attached hydrogen (secondary N) is 4. The van der Waals surface area contributed by atoms with Crippen LogP contribution in [0.25, 0.3) is 10.9 Å². The van der Waals surface area contributed by atoms with Crippen molar-refractivity contribution >= 4 is 34.5 Å². The highest BCUT2D eigenvalue weighted by Crippen LogP contribution is 2.38. The number of carbonyl (C=O) groups is 4. The average molecular weight is 552 g/mol. The average Bonchev–Trinajstić information content (AvgIpc) is 3.35. The van der Waals surface area contributed by atoms with Gasteiger partial charge in [-0.25, -0.2) is 0 Å². The number of carbonyl (C=O) groups excluding carboxylic acids is 4. The van der Waals surface area contributed by atoms with E-state index in [0.717, 1.165) is 16.5 Å². The molecule has 1 aliphatic heterocycles. The predicted octanol–water partition coefficient (Wildman–Crippen LogP) is 0.884. The van der Waals surface area contributed by atoms with Crippen molar-refractivity contribution in [3.8, 4) is 17.2 Å². The lowest BCUT2D eigenvalue weighted by atomic mass is 10.0. The van der Waals surface area contributed by atoms with Crippen molar-refractivity contribution in [3.05, 3.63) is 53.7 Å². The van der Waals surface area contributed by atoms with Crippen molar-refractivity contribution in [2.45, 2.75) is 32.0 Å². The fraction of sp³-hybridized carbons (Fsp3) is 0.357. The van der Waals surface area contributed by atoms with Crippen LogP contribution in [0.4, 0.5) is 0 Å². The standard InChI is InChI=1S/C28H33N5O7/c1-16-28(37)33(14-24(34)31-16)15-25(35)32-21(11-18-13-29-20-8-6-5-7-19(18)20)27(36)30-12-17-9-22(38-2)26(40-4)23(10-17)39-3/h5-10,13,16,21,29H,11-12,14-15H2,1-4H3,(H,30,36)(H,31,34)(H,32,35). The van der Waals surface area contributed by atoms with E-state index in [1.807, 2.05) is 24.3 Å². The van der Waals surface area contributed by atoms with Gasteiger partial charge >= 0.3 is 0 Å². The summed E-state index contributed by atoms with van der Waals surface area (Å²) in [6.07, 6.45) is 2.00. The Labute approximate surface area is 231 Å². The molecule has 12 heteroatoms. The number of benzene rings is 2. The molecular weight excluding hydrogens is 518 g/mol. The zero-order chi connectivity index (χ0) is 28.8. The summed E-state index contributed by atoms with van der Waals surface area (Å²) in [5.74, 6) is -0.377. The highest BCUT2D eigenvalue weighted by Gasteiger charge is 2.32. The molecule has 1 saturated heterocycles. The Morgan fingerprint density at radius 1 is 1.07 bits per heavy atom. The Morgan fingerprint density at radius 2 is 1.77 bits per heavy atom. The molecule has 0 aliphatic carbocycles. The van der Waals surface area contributed by atoms with Gasteiger partial charge in [-0.15, -0.1) is 0 Å². The van der Waals surface area contributed by atoms with Crippen LogP contribution in [0.3, 0.4) is 0 Å². The fourth-order valence-corrected chi connectivity index (χ4v) is 4.70. The van der Waals surface area contributed by atoms with E-state index in [-0.39, 0.29) is 37.9 Å². The maximum Gasteiger partial charge on any atom is 0.245 e. The molecule has 2 unspecified atom stereocenters. The van der Waals surface area contributed by atoms with Gasteiger partial charge in [0, 0.05) is 30.1 Å². The summed E-state index contributed by atoms with van der Waals surface area (Å²) in [4.78, 5) is 55.2. The van der Waals surface area contributed by atoms with Gasteiger partial charge in [-0.3, -0.25) is 19.2 Å². The molecule has 4 N–H and O–H groups in total. The van der Waals surface area contributed by atoms with Crippen LogP contribution in [0.1, 0.15) is 18.1 Å². The number of hydrogen-bond acceptors (Lipinski definition) is 7. The molecule has 2 atom stereocenters. The minimum absolute atomic E-state index is 0.123. The number of nitrogens with zero attached hydrogens (tertiary/aromatic N) is 1. The quantitative estimate of drug-likeness (QED) is 0.276. The molecule has 0 bridgehead atoms. The van der Waals surface area contributed by atoms with Crippen LogP contribution < -0.4 is 30.2 Å². The molecular formula is C28H33N5O7. The number of aromatic nitrogens is 1. The van der Waals surface area contributed by atoms with Gasteiger partial charge in [-0.05, 0) is 36.2 Å². The molecule has 2 heterocycles. The zero-order valence-electron chi connectivity index (χ0n) is 22.8. The van der Waals surface area contributed by atoms with Gasteiger partial charge in [-0.2, -0.15) is 0 Å². The van der Waals surface area contributed by atoms with Crippen LogP contribution in [0.5, 0.6) is 17.2 Å². The number of ether oxygens (including phenoxy) is 3. The number of H-pyrrole nitrogens is 1. The number of amides is 4. The van der Waals surface area contributed by atoms with E-state index >= 15 is 0 Å². The van der Waals surface area contributed by atoms with E-state index in [1.165, 1.54) is 26.2 Å². The van der Waals surface area contributed by atoms with Crippen molar-refractivity contribution in [2.75, 3.05) is 34.4 Å². The van der Waals surface area contributed by atoms with Gasteiger partial charge in [-0.1, -0.05) is 18.2 Å². The largest absolute Gasteiger partial charge is 0.493 e. The monoisotopic (exact) mass is 551 g/mol. The van der Waals surface area contributed by atoms with E-state index in [9.17, 15) is 19.2 Å². The third kappa shape index (κ3) is 6.28. The Bertz CT molecular complexity index is 1390. The molecule has 0 saturated carbocycles. The molecule has 2 aromatic carbocycles. The van der Waals surface area contributed by atoms with Crippen LogP contribution >= 0.6 is 0 Å². The summed E-state index contributed by atoms with van der Waals surface area (Å²) in [5.41, 5.74) is 2.43. The normalized spacial score (nSPS) is 15.8. The number of fused-ring (bicyclic) bond motifs is 1. The lowest BCUT2D eigenvalue weighted by molar-refractivity contribution is -0.146. The smallest absolute Gasteiger partial charge is 0.245 e. The van der Waals surface area contributed by atoms with Crippen molar-refractivity contribution in [1.29, 1.82) is 0 Å². The zero-order valence-corrected chi connectivity index (χ0v) is 22.8. The van der Waals surface area contributed by atoms with Gasteiger partial charge in [0.25, 0.3) is 0 Å². The van der Waals surface area contributed by atoms with Crippen molar-refractivity contribution in [1.82, 2.24) is 25.8 Å². The van der Waals surface area contributed by atoms with Gasteiger partial charge in [0.05, 0.1) is 21.3 Å². The van der Waals surface area contributed by atoms with Crippen LogP contribution in [0.2, 0.25) is 0 Å². The van der Waals surface area contributed by atoms with Crippen LogP contribution in [-0.2, 0) is 32.1 Å². The summed E-state index contributed by atoms with van der Waals surface area (Å²) >= 11 is 0. The van der Waals surface area contributed by atoms with Gasteiger partial charge < -0.3 is 40.0 Å². The Kier molecular flexibility index (Phi) is 8.77. The van der Waals surface area contributed by atoms with E-state index in [1.54, 1.807) is 25.3 Å². The van der Waals surface area contributed by atoms with Gasteiger partial charge in [0.15, 0.2) is 11.5 Å². The first kappa shape index (κ1) is 28.3. The van der Waals surface area contributed by atoms with E-state index < -0.39 is 23.9 Å². The van der Waals surface area contributed by atoms with Crippen LogP contribution in [-0.4, -0.2) is 80.0 Å². The number of methoxy groups -OCH3 is 3. The highest BCUT2D eigenvalue weighted by molar-refractivity contribution is 5.97. The Morgan fingerprint density at radius 3 is 2.45 bits per heavy atom. The third-order valence-corrected chi connectivity index (χ3v) is 6.67. The maximum absolute atomic E-state index is 13.4. The maximum atomic E-state index is 13.4. The van der Waals surface area contributed by atoms with E-state index in [2.05, 4.69) is 20.9 Å².